The number of rotatable bonds is 3. The largest absolute Gasteiger partial charge is 0.456 e. The second-order valence-electron chi connectivity index (χ2n) is 13.0. The van der Waals surface area contributed by atoms with E-state index in [1.807, 2.05) is 103 Å². The van der Waals surface area contributed by atoms with Gasteiger partial charge in [-0.25, -0.2) is 0 Å². The summed E-state index contributed by atoms with van der Waals surface area (Å²) in [5.41, 5.74) is 5.04. The molecule has 1 heteroatoms. The average molecular weight is 655 g/mol. The van der Waals surface area contributed by atoms with Crippen LogP contribution in [0.25, 0.3) is 109 Å². The van der Waals surface area contributed by atoms with E-state index in [2.05, 4.69) is 30.3 Å². The van der Waals surface area contributed by atoms with Gasteiger partial charge in [-0.1, -0.05) is 164 Å². The Morgan fingerprint density at radius 1 is 0.353 bits per heavy atom. The van der Waals surface area contributed by atoms with Crippen LogP contribution in [-0.2, 0) is 0 Å². The van der Waals surface area contributed by atoms with E-state index in [0.29, 0.717) is 27.9 Å². The van der Waals surface area contributed by atoms with Crippen molar-refractivity contribution < 1.29 is 15.4 Å². The molecular weight excluding hydrogens is 617 g/mol. The Bertz CT molecular complexity index is 3570. The Balaban J connectivity index is 1.30. The lowest BCUT2D eigenvalue weighted by atomic mass is 9.84. The van der Waals surface area contributed by atoms with Crippen molar-refractivity contribution in [1.82, 2.24) is 0 Å². The van der Waals surface area contributed by atoms with Crippen molar-refractivity contribution >= 4 is 75.8 Å². The van der Waals surface area contributed by atoms with Crippen LogP contribution in [0.5, 0.6) is 0 Å². The van der Waals surface area contributed by atoms with Crippen molar-refractivity contribution in [2.75, 3.05) is 0 Å². The van der Waals surface area contributed by atoms with Crippen LogP contribution in [0.1, 0.15) is 11.0 Å². The van der Waals surface area contributed by atoms with Gasteiger partial charge in [0.1, 0.15) is 11.2 Å². The van der Waals surface area contributed by atoms with Crippen LogP contribution in [0.4, 0.5) is 0 Å². The first-order valence-corrected chi connectivity index (χ1v) is 16.9. The first-order valence-electron chi connectivity index (χ1n) is 20.9. The number of furan rings is 1. The van der Waals surface area contributed by atoms with Crippen LogP contribution in [-0.4, -0.2) is 0 Å². The maximum absolute atomic E-state index is 9.51. The molecule has 0 radical (unpaired) electrons. The number of hydrogen-bond donors (Lipinski definition) is 0. The molecule has 0 N–H and O–H groups in total. The van der Waals surface area contributed by atoms with Gasteiger partial charge >= 0.3 is 0 Å². The van der Waals surface area contributed by atoms with E-state index in [1.54, 1.807) is 0 Å². The molecule has 0 aliphatic rings. The summed E-state index contributed by atoms with van der Waals surface area (Å²) in [6, 6.07) is 40.8. The summed E-state index contributed by atoms with van der Waals surface area (Å²) in [6.45, 7) is 0. The molecule has 0 aliphatic carbocycles. The Morgan fingerprint density at radius 3 is 1.67 bits per heavy atom. The fourth-order valence-corrected chi connectivity index (χ4v) is 8.10. The summed E-state index contributed by atoms with van der Waals surface area (Å²) in [7, 11) is 0. The van der Waals surface area contributed by atoms with Gasteiger partial charge in [-0.05, 0) is 105 Å². The molecule has 0 saturated heterocycles. The topological polar surface area (TPSA) is 13.1 Å². The SMILES string of the molecule is [2H]c1c([2H])c([2H])c2c(-c3cccc4c3ccc3c(-c5ccccc5)cccc34)c3c([2H])c([2H])c([2H])c([2H])c3c(-c3ccc4c(c3)oc3ccc5ccccc5c34)c2c1[2H]. The zero-order valence-electron chi connectivity index (χ0n) is 35.1. The molecule has 0 amide bonds. The van der Waals surface area contributed by atoms with Gasteiger partial charge in [0, 0.05) is 10.8 Å². The van der Waals surface area contributed by atoms with E-state index >= 15 is 0 Å². The molecular formula is C50H30O. The third-order valence-electron chi connectivity index (χ3n) is 10.3. The monoisotopic (exact) mass is 654 g/mol. The van der Waals surface area contributed by atoms with E-state index in [0.717, 1.165) is 54.2 Å². The van der Waals surface area contributed by atoms with Crippen LogP contribution in [0.3, 0.4) is 0 Å². The molecule has 0 aliphatic heterocycles. The van der Waals surface area contributed by atoms with Crippen LogP contribution in [0, 0.1) is 0 Å². The van der Waals surface area contributed by atoms with E-state index in [9.17, 15) is 5.48 Å². The van der Waals surface area contributed by atoms with Crippen LogP contribution < -0.4 is 0 Å². The number of benzene rings is 10. The number of hydrogen-bond acceptors (Lipinski definition) is 1. The highest BCUT2D eigenvalue weighted by Gasteiger charge is 2.20. The third-order valence-corrected chi connectivity index (χ3v) is 10.3. The van der Waals surface area contributed by atoms with Crippen LogP contribution >= 0.6 is 0 Å². The van der Waals surface area contributed by atoms with Gasteiger partial charge < -0.3 is 4.42 Å². The molecule has 51 heavy (non-hydrogen) atoms. The molecule has 1 heterocycles. The Labute approximate surface area is 305 Å². The quantitative estimate of drug-likeness (QED) is 0.136. The second-order valence-corrected chi connectivity index (χ2v) is 13.0. The predicted molar refractivity (Wildman–Crippen MR) is 218 cm³/mol. The Morgan fingerprint density at radius 2 is 0.941 bits per heavy atom. The Kier molecular flexibility index (Phi) is 4.57. The first kappa shape index (κ1) is 21.4. The zero-order valence-corrected chi connectivity index (χ0v) is 27.1. The van der Waals surface area contributed by atoms with Crippen molar-refractivity contribution in [2.45, 2.75) is 0 Å². The summed E-state index contributed by atoms with van der Waals surface area (Å²) >= 11 is 0. The lowest BCUT2D eigenvalue weighted by Gasteiger charge is -2.19. The highest BCUT2D eigenvalue weighted by molar-refractivity contribution is 6.26. The van der Waals surface area contributed by atoms with Crippen molar-refractivity contribution in [1.29, 1.82) is 0 Å². The highest BCUT2D eigenvalue weighted by Crippen LogP contribution is 2.47. The lowest BCUT2D eigenvalue weighted by Crippen LogP contribution is -1.92. The molecule has 0 spiro atoms. The summed E-state index contributed by atoms with van der Waals surface area (Å²) in [5.74, 6) is 0. The zero-order chi connectivity index (χ0) is 40.4. The molecule has 0 saturated carbocycles. The molecule has 10 aromatic carbocycles. The molecule has 11 rings (SSSR count). The van der Waals surface area contributed by atoms with Gasteiger partial charge in [0.2, 0.25) is 0 Å². The van der Waals surface area contributed by atoms with Crippen molar-refractivity contribution in [2.24, 2.45) is 0 Å². The van der Waals surface area contributed by atoms with Gasteiger partial charge in [0.15, 0.2) is 0 Å². The van der Waals surface area contributed by atoms with Crippen molar-refractivity contribution in [3.8, 4) is 33.4 Å². The Hall–Kier alpha value is -6.70. The molecule has 0 bridgehead atoms. The maximum Gasteiger partial charge on any atom is 0.136 e. The van der Waals surface area contributed by atoms with E-state index in [1.165, 1.54) is 0 Å². The average Bonchev–Trinajstić information content (AvgIpc) is 3.66. The van der Waals surface area contributed by atoms with E-state index < -0.39 is 24.2 Å². The molecule has 11 aromatic rings. The molecule has 1 aromatic heterocycles. The standard InChI is InChI=1S/C50H30O/c1-2-12-31(13-3-1)34-20-10-21-36-37-22-11-23-40(39(37)28-27-38(34)36)49-43-18-8-6-16-41(43)48(42-17-7-9-19-44(42)49)33-24-26-45-47(30-33)51-46-29-25-32-14-4-5-15-35(32)50(45)46/h1-30H/i6D,7D,8D,9D,16D,17D,18D,19D. The molecule has 236 valence electrons. The highest BCUT2D eigenvalue weighted by atomic mass is 16.3. The fourth-order valence-electron chi connectivity index (χ4n) is 8.10. The van der Waals surface area contributed by atoms with Crippen LogP contribution in [0.15, 0.2) is 186 Å². The van der Waals surface area contributed by atoms with Gasteiger partial charge in [0.05, 0.1) is 11.0 Å². The molecule has 0 unspecified atom stereocenters. The van der Waals surface area contributed by atoms with Gasteiger partial charge in [-0.15, -0.1) is 0 Å². The minimum absolute atomic E-state index is 0.161. The van der Waals surface area contributed by atoms with Crippen molar-refractivity contribution in [3.63, 3.8) is 0 Å². The summed E-state index contributed by atoms with van der Waals surface area (Å²) in [4.78, 5) is 0. The molecule has 0 atom stereocenters. The lowest BCUT2D eigenvalue weighted by molar-refractivity contribution is 0.669. The molecule has 0 fully saturated rings. The third kappa shape index (κ3) is 4.16. The minimum atomic E-state index is -0.441. The first-order chi connectivity index (χ1) is 28.6. The second kappa shape index (κ2) is 10.9. The normalized spacial score (nSPS) is 14.1. The van der Waals surface area contributed by atoms with Gasteiger partial charge in [-0.3, -0.25) is 0 Å². The smallest absolute Gasteiger partial charge is 0.136 e. The van der Waals surface area contributed by atoms with E-state index in [4.69, 9.17) is 9.90 Å². The van der Waals surface area contributed by atoms with Crippen molar-refractivity contribution in [3.05, 3.63) is 182 Å². The van der Waals surface area contributed by atoms with Crippen LogP contribution in [0.2, 0.25) is 0 Å². The summed E-state index contributed by atoms with van der Waals surface area (Å²) < 4.78 is 80.1. The van der Waals surface area contributed by atoms with E-state index in [-0.39, 0.29) is 51.3 Å². The minimum Gasteiger partial charge on any atom is -0.456 e. The maximum atomic E-state index is 9.51. The predicted octanol–water partition coefficient (Wildman–Crippen LogP) is 14.4. The molecule has 1 nitrogen and oxygen atoms in total. The van der Waals surface area contributed by atoms with Gasteiger partial charge in [-0.2, -0.15) is 0 Å². The van der Waals surface area contributed by atoms with Gasteiger partial charge in [0.25, 0.3) is 0 Å². The fraction of sp³-hybridized carbons (Fsp3) is 0. The summed E-state index contributed by atoms with van der Waals surface area (Å²) in [6.07, 6.45) is 0. The summed E-state index contributed by atoms with van der Waals surface area (Å²) in [5, 5.41) is 8.23. The number of fused-ring (bicyclic) bond motifs is 10.